The Hall–Kier alpha value is -2.61. The Morgan fingerprint density at radius 1 is 1.21 bits per heavy atom. The molecule has 2 heterocycles. The van der Waals surface area contributed by atoms with E-state index in [4.69, 9.17) is 14.5 Å². The van der Waals surface area contributed by atoms with Crippen molar-refractivity contribution in [3.63, 3.8) is 0 Å². The average Bonchev–Trinajstić information content (AvgIpc) is 2.73. The molecule has 2 atom stereocenters. The third kappa shape index (κ3) is 4.11. The van der Waals surface area contributed by atoms with Crippen molar-refractivity contribution < 1.29 is 19.1 Å². The van der Waals surface area contributed by atoms with Crippen molar-refractivity contribution in [2.24, 2.45) is 10.9 Å². The van der Waals surface area contributed by atoms with Crippen LogP contribution in [0.2, 0.25) is 0 Å². The van der Waals surface area contributed by atoms with Crippen molar-refractivity contribution in [1.82, 2.24) is 15.1 Å². The zero-order valence-corrected chi connectivity index (χ0v) is 16.7. The highest BCUT2D eigenvalue weighted by molar-refractivity contribution is 6.08. The van der Waals surface area contributed by atoms with Crippen molar-refractivity contribution in [2.75, 3.05) is 46.4 Å². The summed E-state index contributed by atoms with van der Waals surface area (Å²) in [5.41, 5.74) is 0.697. The largest absolute Gasteiger partial charge is 0.496 e. The number of para-hydroxylation sites is 1. The van der Waals surface area contributed by atoms with E-state index in [-0.39, 0.29) is 6.61 Å². The zero-order chi connectivity index (χ0) is 20.1. The molecule has 0 spiro atoms. The number of aliphatic imine (C=N–C) groups is 1. The monoisotopic (exact) mass is 388 g/mol. The molecule has 1 aromatic rings. The molecule has 1 amide bonds. The smallest absolute Gasteiger partial charge is 0.321 e. The highest BCUT2D eigenvalue weighted by atomic mass is 16.5. The third-order valence-electron chi connectivity index (χ3n) is 5.21. The van der Waals surface area contributed by atoms with Crippen LogP contribution in [0.3, 0.4) is 0 Å². The number of benzene rings is 1. The van der Waals surface area contributed by atoms with Gasteiger partial charge in [0.2, 0.25) is 11.9 Å². The lowest BCUT2D eigenvalue weighted by Gasteiger charge is -2.38. The molecular formula is C20H28N4O4. The summed E-state index contributed by atoms with van der Waals surface area (Å²) < 4.78 is 10.6. The van der Waals surface area contributed by atoms with Crippen LogP contribution in [-0.4, -0.2) is 74.1 Å². The quantitative estimate of drug-likeness (QED) is 0.599. The number of rotatable bonds is 5. The number of likely N-dealkylation sites (N-methyl/N-ethyl adjacent to an activating group) is 1. The van der Waals surface area contributed by atoms with Gasteiger partial charge in [-0.25, -0.2) is 4.99 Å². The number of nitrogens with one attached hydrogen (secondary N) is 1. The van der Waals surface area contributed by atoms with E-state index in [1.54, 1.807) is 20.1 Å². The molecule has 2 aliphatic heterocycles. The standard InChI is InChI=1S/C20H28N4O4/c1-4-23-10-12-24(13-11-23)20-21-17(14-8-6-7-9-15(14)27-3)16(18(25)22-20)19(26)28-5-2/h6-9,16-17H,4-5,10-13H2,1-3H3,(H,21,22,25)/t16-,17+/m1/s1. The van der Waals surface area contributed by atoms with Crippen molar-refractivity contribution >= 4 is 17.8 Å². The van der Waals surface area contributed by atoms with E-state index >= 15 is 0 Å². The summed E-state index contributed by atoms with van der Waals surface area (Å²) in [5, 5.41) is 2.82. The van der Waals surface area contributed by atoms with Crippen molar-refractivity contribution in [1.29, 1.82) is 0 Å². The van der Waals surface area contributed by atoms with Crippen LogP contribution in [0.1, 0.15) is 25.5 Å². The van der Waals surface area contributed by atoms with Gasteiger partial charge in [-0.05, 0) is 19.5 Å². The number of esters is 1. The first-order chi connectivity index (χ1) is 13.6. The number of ether oxygens (including phenoxy) is 2. The van der Waals surface area contributed by atoms with Crippen LogP contribution >= 0.6 is 0 Å². The summed E-state index contributed by atoms with van der Waals surface area (Å²) in [6.45, 7) is 8.43. The van der Waals surface area contributed by atoms with Crippen LogP contribution in [0, 0.1) is 5.92 Å². The number of amides is 1. The molecule has 0 aromatic heterocycles. The van der Waals surface area contributed by atoms with Gasteiger partial charge in [0, 0.05) is 31.7 Å². The van der Waals surface area contributed by atoms with Gasteiger partial charge < -0.3 is 19.3 Å². The van der Waals surface area contributed by atoms with Gasteiger partial charge in [0.15, 0.2) is 5.92 Å². The summed E-state index contributed by atoms with van der Waals surface area (Å²) in [5.74, 6) is -0.906. The Morgan fingerprint density at radius 2 is 1.93 bits per heavy atom. The molecule has 1 fully saturated rings. The van der Waals surface area contributed by atoms with Crippen molar-refractivity contribution in [2.45, 2.75) is 19.9 Å². The fourth-order valence-electron chi connectivity index (χ4n) is 3.63. The number of carbonyl (C=O) groups is 2. The Bertz CT molecular complexity index is 743. The SMILES string of the molecule is CCOC(=O)[C@H]1C(=O)NC(N2CCN(CC)CC2)=N[C@H]1c1ccccc1OC. The predicted molar refractivity (Wildman–Crippen MR) is 105 cm³/mol. The van der Waals surface area contributed by atoms with E-state index in [0.717, 1.165) is 32.7 Å². The average molecular weight is 388 g/mol. The molecule has 0 radical (unpaired) electrons. The molecule has 8 nitrogen and oxygen atoms in total. The second kappa shape index (κ2) is 9.05. The number of piperazine rings is 1. The predicted octanol–water partition coefficient (Wildman–Crippen LogP) is 1.04. The molecule has 0 bridgehead atoms. The molecule has 2 aliphatic rings. The van der Waals surface area contributed by atoms with Gasteiger partial charge in [-0.3, -0.25) is 14.9 Å². The molecular weight excluding hydrogens is 360 g/mol. The van der Waals surface area contributed by atoms with Crippen LogP contribution < -0.4 is 10.1 Å². The Kier molecular flexibility index (Phi) is 6.51. The highest BCUT2D eigenvalue weighted by Gasteiger charge is 2.43. The molecule has 0 aliphatic carbocycles. The summed E-state index contributed by atoms with van der Waals surface area (Å²) in [6, 6.07) is 6.65. The van der Waals surface area contributed by atoms with E-state index in [9.17, 15) is 9.59 Å². The zero-order valence-electron chi connectivity index (χ0n) is 16.7. The van der Waals surface area contributed by atoms with E-state index in [0.29, 0.717) is 17.3 Å². The molecule has 152 valence electrons. The Balaban J connectivity index is 1.95. The van der Waals surface area contributed by atoms with E-state index < -0.39 is 23.8 Å². The maximum Gasteiger partial charge on any atom is 0.321 e. The Labute approximate surface area is 165 Å². The lowest BCUT2D eigenvalue weighted by atomic mass is 9.90. The number of hydrogen-bond donors (Lipinski definition) is 1. The maximum atomic E-state index is 12.9. The summed E-state index contributed by atoms with van der Waals surface area (Å²) in [6.07, 6.45) is 0. The molecule has 0 unspecified atom stereocenters. The lowest BCUT2D eigenvalue weighted by molar-refractivity contribution is -0.153. The minimum atomic E-state index is -1.04. The molecule has 1 N–H and O–H groups in total. The van der Waals surface area contributed by atoms with Gasteiger partial charge in [-0.1, -0.05) is 25.1 Å². The van der Waals surface area contributed by atoms with Crippen LogP contribution in [0.15, 0.2) is 29.3 Å². The van der Waals surface area contributed by atoms with Crippen LogP contribution in [0.5, 0.6) is 5.75 Å². The highest BCUT2D eigenvalue weighted by Crippen LogP contribution is 2.36. The van der Waals surface area contributed by atoms with Crippen molar-refractivity contribution in [3.05, 3.63) is 29.8 Å². The van der Waals surface area contributed by atoms with Gasteiger partial charge >= 0.3 is 5.97 Å². The van der Waals surface area contributed by atoms with Gasteiger partial charge in [-0.15, -0.1) is 0 Å². The number of methoxy groups -OCH3 is 1. The van der Waals surface area contributed by atoms with Crippen LogP contribution in [-0.2, 0) is 14.3 Å². The molecule has 28 heavy (non-hydrogen) atoms. The molecule has 1 aromatic carbocycles. The first-order valence-corrected chi connectivity index (χ1v) is 9.74. The van der Waals surface area contributed by atoms with Crippen LogP contribution in [0.4, 0.5) is 0 Å². The first-order valence-electron chi connectivity index (χ1n) is 9.74. The molecule has 3 rings (SSSR count). The fourth-order valence-corrected chi connectivity index (χ4v) is 3.63. The normalized spacial score (nSPS) is 23.0. The second-order valence-electron chi connectivity index (χ2n) is 6.78. The Morgan fingerprint density at radius 3 is 2.57 bits per heavy atom. The minimum absolute atomic E-state index is 0.205. The maximum absolute atomic E-state index is 12.9. The number of carbonyl (C=O) groups excluding carboxylic acids is 2. The van der Waals surface area contributed by atoms with E-state index in [2.05, 4.69) is 22.0 Å². The van der Waals surface area contributed by atoms with Gasteiger partial charge in [0.1, 0.15) is 11.8 Å². The topological polar surface area (TPSA) is 83.5 Å². The van der Waals surface area contributed by atoms with Gasteiger partial charge in [0.05, 0.1) is 13.7 Å². The van der Waals surface area contributed by atoms with E-state index in [1.165, 1.54) is 0 Å². The summed E-state index contributed by atoms with van der Waals surface area (Å²) in [7, 11) is 1.57. The molecule has 0 saturated carbocycles. The third-order valence-corrected chi connectivity index (χ3v) is 5.21. The van der Waals surface area contributed by atoms with Gasteiger partial charge in [-0.2, -0.15) is 0 Å². The number of guanidine groups is 1. The lowest BCUT2D eigenvalue weighted by Crippen LogP contribution is -2.57. The fraction of sp³-hybridized carbons (Fsp3) is 0.550. The van der Waals surface area contributed by atoms with Gasteiger partial charge in [0.25, 0.3) is 0 Å². The second-order valence-corrected chi connectivity index (χ2v) is 6.78. The van der Waals surface area contributed by atoms with Crippen molar-refractivity contribution in [3.8, 4) is 5.75 Å². The van der Waals surface area contributed by atoms with E-state index in [1.807, 2.05) is 18.2 Å². The number of nitrogens with zero attached hydrogens (tertiary/aromatic N) is 3. The summed E-state index contributed by atoms with van der Waals surface area (Å²) in [4.78, 5) is 34.6. The van der Waals surface area contributed by atoms with Crippen LogP contribution in [0.25, 0.3) is 0 Å². The molecule has 1 saturated heterocycles. The summed E-state index contributed by atoms with van der Waals surface area (Å²) >= 11 is 0. The minimum Gasteiger partial charge on any atom is -0.496 e. The molecule has 8 heteroatoms. The number of hydrogen-bond acceptors (Lipinski definition) is 7. The first kappa shape index (κ1) is 20.1.